The first-order chi connectivity index (χ1) is 5.70. The maximum atomic E-state index is 10.6. The van der Waals surface area contributed by atoms with Crippen molar-refractivity contribution >= 4 is 5.78 Å². The van der Waals surface area contributed by atoms with Gasteiger partial charge in [-0.3, -0.25) is 0 Å². The Morgan fingerprint density at radius 2 is 1.92 bits per heavy atom. The summed E-state index contributed by atoms with van der Waals surface area (Å²) in [5.41, 5.74) is 0. The highest BCUT2D eigenvalue weighted by molar-refractivity contribution is 5.75. The lowest BCUT2D eigenvalue weighted by Crippen LogP contribution is -2.28. The second kappa shape index (κ2) is 7.29. The van der Waals surface area contributed by atoms with Gasteiger partial charge in [0, 0.05) is 12.5 Å². The highest BCUT2D eigenvalue weighted by atomic mass is 16.1. The van der Waals surface area contributed by atoms with E-state index >= 15 is 0 Å². The van der Waals surface area contributed by atoms with Crippen LogP contribution in [0.15, 0.2) is 0 Å². The van der Waals surface area contributed by atoms with E-state index in [9.17, 15) is 4.79 Å². The molecule has 0 amide bonds. The molecule has 0 saturated heterocycles. The van der Waals surface area contributed by atoms with Gasteiger partial charge in [0.05, 0.1) is 0 Å². The van der Waals surface area contributed by atoms with Gasteiger partial charge in [-0.2, -0.15) is 0 Å². The molecule has 0 aliphatic rings. The van der Waals surface area contributed by atoms with Crippen LogP contribution in [0.25, 0.3) is 0 Å². The quantitative estimate of drug-likeness (QED) is 0.595. The SMILES string of the molecule is CCC(CC)NCCCC(C)=O. The van der Waals surface area contributed by atoms with E-state index < -0.39 is 0 Å². The minimum Gasteiger partial charge on any atom is -0.314 e. The second-order valence-electron chi connectivity index (χ2n) is 3.27. The molecule has 0 aliphatic carbocycles. The third-order valence-corrected chi connectivity index (χ3v) is 2.12. The molecule has 0 radical (unpaired) electrons. The normalized spacial score (nSPS) is 10.7. The average molecular weight is 171 g/mol. The molecule has 2 nitrogen and oxygen atoms in total. The van der Waals surface area contributed by atoms with E-state index in [1.54, 1.807) is 6.92 Å². The van der Waals surface area contributed by atoms with Crippen molar-refractivity contribution in [2.24, 2.45) is 0 Å². The first-order valence-corrected chi connectivity index (χ1v) is 4.93. The maximum Gasteiger partial charge on any atom is 0.129 e. The molecule has 1 N–H and O–H groups in total. The van der Waals surface area contributed by atoms with E-state index in [1.807, 2.05) is 0 Å². The summed E-state index contributed by atoms with van der Waals surface area (Å²) in [6.07, 6.45) is 4.05. The van der Waals surface area contributed by atoms with Crippen LogP contribution in [0.2, 0.25) is 0 Å². The van der Waals surface area contributed by atoms with Crippen molar-refractivity contribution in [1.82, 2.24) is 5.32 Å². The lowest BCUT2D eigenvalue weighted by Gasteiger charge is -2.13. The molecular formula is C10H21NO. The fourth-order valence-electron chi connectivity index (χ4n) is 1.22. The summed E-state index contributed by atoms with van der Waals surface area (Å²) in [5, 5.41) is 3.42. The Morgan fingerprint density at radius 1 is 1.33 bits per heavy atom. The lowest BCUT2D eigenvalue weighted by molar-refractivity contribution is -0.117. The monoisotopic (exact) mass is 171 g/mol. The molecule has 0 aromatic heterocycles. The zero-order chi connectivity index (χ0) is 9.40. The molecule has 0 aromatic rings. The molecule has 0 heterocycles. The number of nitrogens with one attached hydrogen (secondary N) is 1. The number of rotatable bonds is 7. The van der Waals surface area contributed by atoms with E-state index in [-0.39, 0.29) is 0 Å². The van der Waals surface area contributed by atoms with Crippen molar-refractivity contribution < 1.29 is 4.79 Å². The van der Waals surface area contributed by atoms with Gasteiger partial charge < -0.3 is 10.1 Å². The van der Waals surface area contributed by atoms with Crippen molar-refractivity contribution in [2.45, 2.75) is 52.5 Å². The van der Waals surface area contributed by atoms with E-state index in [2.05, 4.69) is 19.2 Å². The van der Waals surface area contributed by atoms with E-state index in [0.717, 1.165) is 13.0 Å². The summed E-state index contributed by atoms with van der Waals surface area (Å²) in [6, 6.07) is 0.636. The Kier molecular flexibility index (Phi) is 7.06. The largest absolute Gasteiger partial charge is 0.314 e. The molecule has 0 aromatic carbocycles. The predicted molar refractivity (Wildman–Crippen MR) is 52.3 cm³/mol. The van der Waals surface area contributed by atoms with Crippen LogP contribution in [0, 0.1) is 0 Å². The zero-order valence-electron chi connectivity index (χ0n) is 8.52. The number of ketones is 1. The van der Waals surface area contributed by atoms with Crippen LogP contribution in [-0.2, 0) is 4.79 Å². The number of carbonyl (C=O) groups is 1. The van der Waals surface area contributed by atoms with Crippen LogP contribution in [0.5, 0.6) is 0 Å². The van der Waals surface area contributed by atoms with E-state index in [1.165, 1.54) is 12.8 Å². The van der Waals surface area contributed by atoms with Crippen LogP contribution in [0.4, 0.5) is 0 Å². The Balaban J connectivity index is 3.23. The lowest BCUT2D eigenvalue weighted by atomic mass is 10.1. The highest BCUT2D eigenvalue weighted by Gasteiger charge is 2.00. The van der Waals surface area contributed by atoms with Crippen molar-refractivity contribution in [3.05, 3.63) is 0 Å². The Labute approximate surface area is 75.7 Å². The smallest absolute Gasteiger partial charge is 0.129 e. The minimum atomic E-state index is 0.293. The Hall–Kier alpha value is -0.370. The van der Waals surface area contributed by atoms with Gasteiger partial charge in [0.15, 0.2) is 0 Å². The third kappa shape index (κ3) is 6.35. The number of hydrogen-bond donors (Lipinski definition) is 1. The molecular weight excluding hydrogens is 150 g/mol. The van der Waals surface area contributed by atoms with E-state index in [4.69, 9.17) is 0 Å². The second-order valence-corrected chi connectivity index (χ2v) is 3.27. The molecule has 0 aliphatic heterocycles. The molecule has 0 spiro atoms. The fourth-order valence-corrected chi connectivity index (χ4v) is 1.22. The third-order valence-electron chi connectivity index (χ3n) is 2.12. The average Bonchev–Trinajstić information content (AvgIpc) is 2.04. The highest BCUT2D eigenvalue weighted by Crippen LogP contribution is 1.96. The standard InChI is InChI=1S/C10H21NO/c1-4-10(5-2)11-8-6-7-9(3)12/h10-11H,4-8H2,1-3H3. The van der Waals surface area contributed by atoms with Crippen molar-refractivity contribution in [2.75, 3.05) is 6.54 Å². The van der Waals surface area contributed by atoms with E-state index in [0.29, 0.717) is 18.2 Å². The Bertz CT molecular complexity index is 119. The zero-order valence-corrected chi connectivity index (χ0v) is 8.52. The van der Waals surface area contributed by atoms with Crippen molar-refractivity contribution in [3.8, 4) is 0 Å². The summed E-state index contributed by atoms with van der Waals surface area (Å²) in [5.74, 6) is 0.293. The molecule has 0 rings (SSSR count). The summed E-state index contributed by atoms with van der Waals surface area (Å²) < 4.78 is 0. The summed E-state index contributed by atoms with van der Waals surface area (Å²) in [6.45, 7) is 7.00. The number of Topliss-reactive ketones (excluding diaryl/α,β-unsaturated/α-hetero) is 1. The summed E-state index contributed by atoms with van der Waals surface area (Å²) >= 11 is 0. The van der Waals surface area contributed by atoms with Crippen LogP contribution < -0.4 is 5.32 Å². The topological polar surface area (TPSA) is 29.1 Å². The maximum absolute atomic E-state index is 10.6. The van der Waals surface area contributed by atoms with Gasteiger partial charge in [-0.05, 0) is 32.7 Å². The Morgan fingerprint density at radius 3 is 2.33 bits per heavy atom. The fraction of sp³-hybridized carbons (Fsp3) is 0.900. The molecule has 0 saturated carbocycles. The van der Waals surface area contributed by atoms with Crippen molar-refractivity contribution in [3.63, 3.8) is 0 Å². The molecule has 2 heteroatoms. The van der Waals surface area contributed by atoms with Crippen molar-refractivity contribution in [1.29, 1.82) is 0 Å². The van der Waals surface area contributed by atoms with Crippen LogP contribution >= 0.6 is 0 Å². The first kappa shape index (κ1) is 11.6. The van der Waals surface area contributed by atoms with Gasteiger partial charge >= 0.3 is 0 Å². The van der Waals surface area contributed by atoms with Crippen LogP contribution in [0.3, 0.4) is 0 Å². The molecule has 0 fully saturated rings. The summed E-state index contributed by atoms with van der Waals surface area (Å²) in [4.78, 5) is 10.6. The van der Waals surface area contributed by atoms with Crippen LogP contribution in [0.1, 0.15) is 46.5 Å². The molecule has 12 heavy (non-hydrogen) atoms. The van der Waals surface area contributed by atoms with Gasteiger partial charge in [-0.15, -0.1) is 0 Å². The van der Waals surface area contributed by atoms with Crippen LogP contribution in [-0.4, -0.2) is 18.4 Å². The van der Waals surface area contributed by atoms with Gasteiger partial charge in [-0.25, -0.2) is 0 Å². The predicted octanol–water partition coefficient (Wildman–Crippen LogP) is 2.13. The minimum absolute atomic E-state index is 0.293. The van der Waals surface area contributed by atoms with Gasteiger partial charge in [0.1, 0.15) is 5.78 Å². The molecule has 0 atom stereocenters. The summed E-state index contributed by atoms with van der Waals surface area (Å²) in [7, 11) is 0. The first-order valence-electron chi connectivity index (χ1n) is 4.93. The van der Waals surface area contributed by atoms with Gasteiger partial charge in [-0.1, -0.05) is 13.8 Å². The van der Waals surface area contributed by atoms with Gasteiger partial charge in [0.25, 0.3) is 0 Å². The molecule has 0 bridgehead atoms. The van der Waals surface area contributed by atoms with Gasteiger partial charge in [0.2, 0.25) is 0 Å². The molecule has 0 unspecified atom stereocenters. The number of hydrogen-bond acceptors (Lipinski definition) is 2. The number of carbonyl (C=O) groups excluding carboxylic acids is 1. The molecule has 72 valence electrons.